The van der Waals surface area contributed by atoms with E-state index < -0.39 is 18.1 Å². The summed E-state index contributed by atoms with van der Waals surface area (Å²) in [5.74, 6) is -1.58. The minimum atomic E-state index is -0.891. The van der Waals surface area contributed by atoms with Gasteiger partial charge in [-0.3, -0.25) is 9.59 Å². The van der Waals surface area contributed by atoms with Crippen molar-refractivity contribution in [2.75, 3.05) is 41.0 Å². The van der Waals surface area contributed by atoms with Crippen molar-refractivity contribution in [2.24, 2.45) is 0 Å². The van der Waals surface area contributed by atoms with Crippen LogP contribution in [0.1, 0.15) is 142 Å². The van der Waals surface area contributed by atoms with E-state index in [0.717, 1.165) is 103 Å². The molecule has 0 aliphatic heterocycles. The van der Waals surface area contributed by atoms with Gasteiger partial charge in [-0.25, -0.2) is 4.79 Å². The zero-order valence-electron chi connectivity index (χ0n) is 37.7. The minimum absolute atomic E-state index is 0.0294. The summed E-state index contributed by atoms with van der Waals surface area (Å²) in [6.45, 7) is 4.40. The minimum Gasteiger partial charge on any atom is -0.477 e. The van der Waals surface area contributed by atoms with E-state index >= 15 is 0 Å². The fraction of sp³-hybridized carbons (Fsp3) is 0.588. The van der Waals surface area contributed by atoms with E-state index in [4.69, 9.17) is 14.2 Å². The molecule has 0 saturated carbocycles. The number of hydrogen-bond donors (Lipinski definition) is 1. The smallest absolute Gasteiger partial charge is 0.362 e. The molecule has 0 amide bonds. The maximum atomic E-state index is 12.7. The zero-order chi connectivity index (χ0) is 43.5. The average molecular weight is 821 g/mol. The number of esters is 2. The third-order valence-corrected chi connectivity index (χ3v) is 9.17. The van der Waals surface area contributed by atoms with Crippen molar-refractivity contribution in [1.29, 1.82) is 0 Å². The molecule has 2 unspecified atom stereocenters. The molecule has 0 spiro atoms. The molecule has 0 saturated heterocycles. The van der Waals surface area contributed by atoms with Crippen LogP contribution in [-0.4, -0.2) is 80.6 Å². The molecule has 0 aromatic rings. The number of nitrogens with zero attached hydrogens (tertiary/aromatic N) is 1. The van der Waals surface area contributed by atoms with E-state index in [-0.39, 0.29) is 42.7 Å². The van der Waals surface area contributed by atoms with Crippen molar-refractivity contribution in [3.05, 3.63) is 109 Å². The first-order valence-electron chi connectivity index (χ1n) is 22.4. The van der Waals surface area contributed by atoms with Gasteiger partial charge < -0.3 is 23.8 Å². The van der Waals surface area contributed by atoms with Crippen molar-refractivity contribution < 1.29 is 38.2 Å². The second-order valence-electron chi connectivity index (χ2n) is 15.5. The van der Waals surface area contributed by atoms with Gasteiger partial charge in [-0.15, -0.1) is 0 Å². The number of carbonyl (C=O) groups excluding carboxylic acids is 2. The Morgan fingerprint density at radius 1 is 0.508 bits per heavy atom. The van der Waals surface area contributed by atoms with Crippen molar-refractivity contribution in [2.45, 2.75) is 154 Å². The Kier molecular flexibility index (Phi) is 38.0. The van der Waals surface area contributed by atoms with Gasteiger partial charge in [0, 0.05) is 19.3 Å². The molecule has 0 bridgehead atoms. The lowest BCUT2D eigenvalue weighted by Crippen LogP contribution is -2.50. The Hall–Kier alpha value is -4.01. The second-order valence-corrected chi connectivity index (χ2v) is 15.5. The van der Waals surface area contributed by atoms with Crippen LogP contribution in [0.3, 0.4) is 0 Å². The van der Waals surface area contributed by atoms with Gasteiger partial charge in [-0.05, 0) is 89.9 Å². The first kappa shape index (κ1) is 55.0. The molecule has 0 fully saturated rings. The maximum Gasteiger partial charge on any atom is 0.362 e. The maximum absolute atomic E-state index is 12.7. The van der Waals surface area contributed by atoms with Gasteiger partial charge >= 0.3 is 17.9 Å². The summed E-state index contributed by atoms with van der Waals surface area (Å²) in [7, 11) is 5.49. The predicted octanol–water partition coefficient (Wildman–Crippen LogP) is 12.5. The number of aliphatic carboxylic acids is 1. The molecule has 0 radical (unpaired) electrons. The van der Waals surface area contributed by atoms with Gasteiger partial charge in [0.2, 0.25) is 0 Å². The van der Waals surface area contributed by atoms with Gasteiger partial charge in [-0.2, -0.15) is 0 Å². The Morgan fingerprint density at radius 2 is 0.915 bits per heavy atom. The zero-order valence-corrected chi connectivity index (χ0v) is 37.7. The lowest BCUT2D eigenvalue weighted by molar-refractivity contribution is -0.887. The highest BCUT2D eigenvalue weighted by Gasteiger charge is 2.31. The Labute approximate surface area is 359 Å². The molecular weight excluding hydrogens is 739 g/mol. The van der Waals surface area contributed by atoms with Crippen molar-refractivity contribution in [3.63, 3.8) is 0 Å². The highest BCUT2D eigenvalue weighted by Crippen LogP contribution is 2.12. The van der Waals surface area contributed by atoms with Gasteiger partial charge in [-0.1, -0.05) is 142 Å². The molecule has 332 valence electrons. The molecule has 0 aliphatic carbocycles. The van der Waals surface area contributed by atoms with Crippen molar-refractivity contribution in [1.82, 2.24) is 0 Å². The van der Waals surface area contributed by atoms with E-state index in [1.54, 1.807) is 0 Å². The van der Waals surface area contributed by atoms with Gasteiger partial charge in [0.05, 0.1) is 34.4 Å². The third-order valence-electron chi connectivity index (χ3n) is 9.17. The number of carboxylic acid groups (broad SMARTS) is 1. The molecule has 59 heavy (non-hydrogen) atoms. The number of rotatable bonds is 38. The number of likely N-dealkylation sites (N-methyl/N-ethyl adjacent to an activating group) is 1. The molecule has 0 aromatic carbocycles. The quantitative estimate of drug-likeness (QED) is 0.0287. The number of hydrogen-bond acceptors (Lipinski definition) is 6. The fourth-order valence-corrected chi connectivity index (χ4v) is 5.76. The third kappa shape index (κ3) is 39.2. The molecule has 0 aliphatic rings. The number of ether oxygens (including phenoxy) is 3. The summed E-state index contributed by atoms with van der Waals surface area (Å²) in [5.41, 5.74) is 0. The first-order valence-corrected chi connectivity index (χ1v) is 22.4. The van der Waals surface area contributed by atoms with Crippen LogP contribution in [0.4, 0.5) is 0 Å². The van der Waals surface area contributed by atoms with E-state index in [1.165, 1.54) is 0 Å². The Morgan fingerprint density at radius 3 is 1.37 bits per heavy atom. The standard InChI is InChI=1S/C51H81NO7/c1-6-8-10-12-14-16-18-20-21-22-23-24-25-26-27-28-29-30-32-33-35-37-39-41-49(53)58-46-47(45-57-44-43-48(51(55)56)52(3,4)5)59-50(54)42-40-38-36-34-31-19-17-15-13-11-9-7-2/h8-11,14-17,20-21,23-24,26-27,29-30,33,35,47-48H,6-7,12-13,18-19,22,25,28,31-32,34,36-46H2,1-5H3/p+1/b10-8+,11-9+,16-14+,17-15+,21-20+,24-23+,27-26+,30-29+,35-33+. The summed E-state index contributed by atoms with van der Waals surface area (Å²) in [6.07, 6.45) is 55.8. The van der Waals surface area contributed by atoms with Crippen LogP contribution in [0.15, 0.2) is 109 Å². The second kappa shape index (κ2) is 40.8. The summed E-state index contributed by atoms with van der Waals surface area (Å²) in [6, 6.07) is -0.632. The average Bonchev–Trinajstić information content (AvgIpc) is 3.19. The number of allylic oxidation sites excluding steroid dienone is 18. The fourth-order valence-electron chi connectivity index (χ4n) is 5.76. The predicted molar refractivity (Wildman–Crippen MR) is 247 cm³/mol. The molecule has 1 N–H and O–H groups in total. The van der Waals surface area contributed by atoms with Crippen LogP contribution >= 0.6 is 0 Å². The van der Waals surface area contributed by atoms with E-state index in [9.17, 15) is 19.5 Å². The Bertz CT molecular complexity index is 1330. The molecule has 0 rings (SSSR count). The van der Waals surface area contributed by atoms with Crippen LogP contribution < -0.4 is 0 Å². The molecule has 2 atom stereocenters. The summed E-state index contributed by atoms with van der Waals surface area (Å²) >= 11 is 0. The lowest BCUT2D eigenvalue weighted by atomic mass is 10.1. The summed E-state index contributed by atoms with van der Waals surface area (Å²) in [4.78, 5) is 36.9. The topological polar surface area (TPSA) is 99.1 Å². The molecular formula is C51H82NO7+. The molecule has 8 nitrogen and oxygen atoms in total. The summed E-state index contributed by atoms with van der Waals surface area (Å²) in [5, 5.41) is 9.61. The number of unbranched alkanes of at least 4 members (excludes halogenated alkanes) is 6. The number of carboxylic acids is 1. The molecule has 0 heterocycles. The Balaban J connectivity index is 4.43. The van der Waals surface area contributed by atoms with E-state index in [2.05, 4.69) is 123 Å². The van der Waals surface area contributed by atoms with Gasteiger partial charge in [0.1, 0.15) is 6.61 Å². The first-order chi connectivity index (χ1) is 28.6. The molecule has 0 aromatic heterocycles. The van der Waals surface area contributed by atoms with Crippen LogP contribution in [-0.2, 0) is 28.6 Å². The SMILES string of the molecule is CC/C=C/C/C=C/C/C=C/C/C=C/C/C=C/C/C=C/C/C=C/CCCC(=O)OCC(COCCC(C(=O)O)[N+](C)(C)C)OC(=O)CCCCCCC/C=C/C/C=C/CC. The van der Waals surface area contributed by atoms with E-state index in [0.29, 0.717) is 19.3 Å². The van der Waals surface area contributed by atoms with Crippen LogP contribution in [0, 0.1) is 0 Å². The van der Waals surface area contributed by atoms with Crippen LogP contribution in [0.2, 0.25) is 0 Å². The lowest BCUT2D eigenvalue weighted by Gasteiger charge is -2.31. The van der Waals surface area contributed by atoms with Crippen molar-refractivity contribution in [3.8, 4) is 0 Å². The normalized spacial score (nSPS) is 14.0. The molecule has 8 heteroatoms. The monoisotopic (exact) mass is 821 g/mol. The highest BCUT2D eigenvalue weighted by molar-refractivity contribution is 5.72. The largest absolute Gasteiger partial charge is 0.477 e. The summed E-state index contributed by atoms with van der Waals surface area (Å²) < 4.78 is 17.2. The highest BCUT2D eigenvalue weighted by atomic mass is 16.6. The van der Waals surface area contributed by atoms with Crippen LogP contribution in [0.5, 0.6) is 0 Å². The number of quaternary nitrogens is 1. The van der Waals surface area contributed by atoms with Gasteiger partial charge in [0.25, 0.3) is 0 Å². The number of carbonyl (C=O) groups is 3. The van der Waals surface area contributed by atoms with Gasteiger partial charge in [0.15, 0.2) is 12.1 Å². The van der Waals surface area contributed by atoms with Crippen LogP contribution in [0.25, 0.3) is 0 Å². The van der Waals surface area contributed by atoms with Crippen molar-refractivity contribution >= 4 is 17.9 Å². The van der Waals surface area contributed by atoms with E-state index in [1.807, 2.05) is 21.1 Å².